The van der Waals surface area contributed by atoms with E-state index in [1.54, 1.807) is 55.6 Å². The molecular formula is C23H24N2O8S. The van der Waals surface area contributed by atoms with Crippen molar-refractivity contribution in [3.8, 4) is 5.75 Å². The monoisotopic (exact) mass is 488 g/mol. The van der Waals surface area contributed by atoms with Crippen molar-refractivity contribution in [3.63, 3.8) is 0 Å². The second-order valence-corrected chi connectivity index (χ2v) is 9.73. The Bertz CT molecular complexity index is 1180. The molecule has 0 unspecified atom stereocenters. The first kappa shape index (κ1) is 23.7. The summed E-state index contributed by atoms with van der Waals surface area (Å²) in [6, 6.07) is 12.8. The molecule has 0 N–H and O–H groups in total. The number of methoxy groups -OCH3 is 1. The summed E-state index contributed by atoms with van der Waals surface area (Å²) in [6.07, 6.45) is -0.463. The lowest BCUT2D eigenvalue weighted by atomic mass is 10.1. The highest BCUT2D eigenvalue weighted by Crippen LogP contribution is 2.28. The van der Waals surface area contributed by atoms with Gasteiger partial charge in [-0.25, -0.2) is 4.79 Å². The van der Waals surface area contributed by atoms with E-state index < -0.39 is 40.2 Å². The maximum atomic E-state index is 12.9. The number of imide groups is 1. The smallest absolute Gasteiger partial charge is 0.410 e. The van der Waals surface area contributed by atoms with Gasteiger partial charge in [-0.3, -0.25) is 18.7 Å². The van der Waals surface area contributed by atoms with E-state index in [1.807, 2.05) is 0 Å². The quantitative estimate of drug-likeness (QED) is 0.429. The molecule has 0 aliphatic carbocycles. The number of nitrogens with zero attached hydrogens (tertiary/aromatic N) is 2. The molecule has 2 atom stereocenters. The van der Waals surface area contributed by atoms with Crippen molar-refractivity contribution in [3.05, 3.63) is 65.2 Å². The van der Waals surface area contributed by atoms with Gasteiger partial charge >= 0.3 is 6.09 Å². The molecule has 2 heterocycles. The van der Waals surface area contributed by atoms with E-state index in [0.717, 1.165) is 16.7 Å². The predicted octanol–water partition coefficient (Wildman–Crippen LogP) is 2.05. The number of hydrogen-bond donors (Lipinski definition) is 0. The number of carbonyl (C=O) groups is 3. The van der Waals surface area contributed by atoms with Gasteiger partial charge in [0.1, 0.15) is 12.4 Å². The molecule has 0 aromatic heterocycles. The van der Waals surface area contributed by atoms with E-state index in [0.29, 0.717) is 16.9 Å². The number of hydrogen-bond acceptors (Lipinski definition) is 8. The van der Waals surface area contributed by atoms with Crippen molar-refractivity contribution < 1.29 is 36.5 Å². The van der Waals surface area contributed by atoms with Crippen molar-refractivity contribution in [2.75, 3.05) is 26.5 Å². The molecule has 0 spiro atoms. The normalized spacial score (nSPS) is 19.9. The maximum absolute atomic E-state index is 12.9. The van der Waals surface area contributed by atoms with Gasteiger partial charge in [-0.2, -0.15) is 8.42 Å². The van der Waals surface area contributed by atoms with Crippen LogP contribution >= 0.6 is 0 Å². The molecule has 3 amide bonds. The van der Waals surface area contributed by atoms with Crippen LogP contribution in [0.1, 0.15) is 32.7 Å². The van der Waals surface area contributed by atoms with Gasteiger partial charge in [-0.15, -0.1) is 0 Å². The van der Waals surface area contributed by atoms with Crippen molar-refractivity contribution in [1.82, 2.24) is 9.80 Å². The molecular weight excluding hydrogens is 464 g/mol. The summed E-state index contributed by atoms with van der Waals surface area (Å²) in [5.74, 6) is -0.254. The van der Waals surface area contributed by atoms with Gasteiger partial charge in [0.15, 0.2) is 0 Å². The Kier molecular flexibility index (Phi) is 6.58. The van der Waals surface area contributed by atoms with Gasteiger partial charge in [0.05, 0.1) is 49.7 Å². The highest BCUT2D eigenvalue weighted by Gasteiger charge is 2.43. The Hall–Kier alpha value is -3.44. The Labute approximate surface area is 197 Å². The molecule has 0 radical (unpaired) electrons. The molecule has 34 heavy (non-hydrogen) atoms. The van der Waals surface area contributed by atoms with E-state index in [9.17, 15) is 22.8 Å². The lowest BCUT2D eigenvalue weighted by Crippen LogP contribution is -2.45. The number of ether oxygens (including phenoxy) is 2. The van der Waals surface area contributed by atoms with Crippen molar-refractivity contribution in [1.29, 1.82) is 0 Å². The molecule has 2 aliphatic heterocycles. The predicted molar refractivity (Wildman–Crippen MR) is 120 cm³/mol. The fourth-order valence-corrected chi connectivity index (χ4v) is 4.79. The molecule has 0 saturated carbocycles. The van der Waals surface area contributed by atoms with Gasteiger partial charge < -0.3 is 14.4 Å². The highest BCUT2D eigenvalue weighted by molar-refractivity contribution is 7.86. The number of benzene rings is 2. The Morgan fingerprint density at radius 3 is 2.21 bits per heavy atom. The third-order valence-electron chi connectivity index (χ3n) is 5.71. The summed E-state index contributed by atoms with van der Waals surface area (Å²) in [5, 5.41) is 0. The van der Waals surface area contributed by atoms with Gasteiger partial charge in [0.25, 0.3) is 21.9 Å². The molecule has 180 valence electrons. The van der Waals surface area contributed by atoms with Crippen LogP contribution in [0.5, 0.6) is 5.75 Å². The largest absolute Gasteiger partial charge is 0.497 e. The van der Waals surface area contributed by atoms with Crippen LogP contribution in [-0.4, -0.2) is 74.7 Å². The Morgan fingerprint density at radius 1 is 1.03 bits per heavy atom. The Balaban J connectivity index is 1.48. The molecule has 1 fully saturated rings. The first-order valence-corrected chi connectivity index (χ1v) is 12.4. The topological polar surface area (TPSA) is 120 Å². The van der Waals surface area contributed by atoms with E-state index >= 15 is 0 Å². The van der Waals surface area contributed by atoms with Gasteiger partial charge in [-0.05, 0) is 36.2 Å². The Morgan fingerprint density at radius 2 is 1.65 bits per heavy atom. The number of likely N-dealkylation sites (tertiary alicyclic amines) is 1. The fourth-order valence-electron chi connectivity index (χ4n) is 4.15. The minimum absolute atomic E-state index is 0.0172. The zero-order chi connectivity index (χ0) is 24.5. The lowest BCUT2D eigenvalue weighted by molar-refractivity contribution is 0.0571. The summed E-state index contributed by atoms with van der Waals surface area (Å²) in [6.45, 7) is -0.174. The summed E-state index contributed by atoms with van der Waals surface area (Å²) in [5.41, 5.74) is 1.32. The van der Waals surface area contributed by atoms with Crippen LogP contribution in [0.4, 0.5) is 4.79 Å². The number of carbonyl (C=O) groups excluding carboxylic acids is 3. The SMILES string of the molecule is COc1ccc(COC(=O)N2C[C@H](OS(C)(=O)=O)C[C@H]2CN2C(=O)c3ccccc3C2=O)cc1. The standard InChI is InChI=1S/C23H24N2O8S/c1-31-17-9-7-15(8-10-17)14-32-23(28)24-13-18(33-34(2,29)30)11-16(24)12-25-21(26)19-5-3-4-6-20(19)22(25)27/h3-10,16,18H,11-14H2,1-2H3/t16-,18+/m0/s1. The van der Waals surface area contributed by atoms with Crippen LogP contribution in [0.2, 0.25) is 0 Å². The van der Waals surface area contributed by atoms with Crippen molar-refractivity contribution in [2.24, 2.45) is 0 Å². The maximum Gasteiger partial charge on any atom is 0.410 e. The molecule has 1 saturated heterocycles. The summed E-state index contributed by atoms with van der Waals surface area (Å²) in [4.78, 5) is 40.8. The minimum Gasteiger partial charge on any atom is -0.497 e. The minimum atomic E-state index is -3.77. The second kappa shape index (κ2) is 9.43. The van der Waals surface area contributed by atoms with E-state index in [2.05, 4.69) is 0 Å². The van der Waals surface area contributed by atoms with Crippen LogP contribution < -0.4 is 4.74 Å². The average molecular weight is 489 g/mol. The van der Waals surface area contributed by atoms with E-state index in [1.165, 1.54) is 4.90 Å². The van der Waals surface area contributed by atoms with Crippen molar-refractivity contribution >= 4 is 28.0 Å². The van der Waals surface area contributed by atoms with Crippen LogP contribution in [0.3, 0.4) is 0 Å². The fraction of sp³-hybridized carbons (Fsp3) is 0.348. The third-order valence-corrected chi connectivity index (χ3v) is 6.34. The number of rotatable bonds is 7. The molecule has 0 bridgehead atoms. The molecule has 2 aromatic rings. The number of fused-ring (bicyclic) bond motifs is 1. The summed E-state index contributed by atoms with van der Waals surface area (Å²) < 4.78 is 38.9. The van der Waals surface area contributed by atoms with Crippen molar-refractivity contribution in [2.45, 2.75) is 25.2 Å². The summed E-state index contributed by atoms with van der Waals surface area (Å²) >= 11 is 0. The zero-order valence-electron chi connectivity index (χ0n) is 18.7. The molecule has 2 aliphatic rings. The third kappa shape index (κ3) is 5.05. The summed E-state index contributed by atoms with van der Waals surface area (Å²) in [7, 11) is -2.23. The van der Waals surface area contributed by atoms with Crippen LogP contribution in [0, 0.1) is 0 Å². The second-order valence-electron chi connectivity index (χ2n) is 8.13. The zero-order valence-corrected chi connectivity index (χ0v) is 19.5. The first-order chi connectivity index (χ1) is 16.2. The molecule has 2 aromatic carbocycles. The highest BCUT2D eigenvalue weighted by atomic mass is 32.2. The van der Waals surface area contributed by atoms with E-state index in [4.69, 9.17) is 13.7 Å². The lowest BCUT2D eigenvalue weighted by Gasteiger charge is -2.26. The first-order valence-electron chi connectivity index (χ1n) is 10.6. The van der Waals surface area contributed by atoms with Crippen LogP contribution in [0.15, 0.2) is 48.5 Å². The molecule has 4 rings (SSSR count). The van der Waals surface area contributed by atoms with Gasteiger partial charge in [0.2, 0.25) is 0 Å². The average Bonchev–Trinajstić information content (AvgIpc) is 3.31. The van der Waals surface area contributed by atoms with E-state index in [-0.39, 0.29) is 26.1 Å². The molecule has 11 heteroatoms. The molecule has 10 nitrogen and oxygen atoms in total. The number of amides is 3. The van der Waals surface area contributed by atoms with Gasteiger partial charge in [-0.1, -0.05) is 24.3 Å². The van der Waals surface area contributed by atoms with Crippen LogP contribution in [-0.2, 0) is 25.6 Å². The van der Waals surface area contributed by atoms with Gasteiger partial charge in [0, 0.05) is 0 Å². The van der Waals surface area contributed by atoms with Crippen LogP contribution in [0.25, 0.3) is 0 Å².